The van der Waals surface area contributed by atoms with Gasteiger partial charge in [-0.1, -0.05) is 83.6 Å². The van der Waals surface area contributed by atoms with Crippen molar-refractivity contribution < 1.29 is 33.5 Å². The molecule has 1 aromatic heterocycles. The summed E-state index contributed by atoms with van der Waals surface area (Å²) >= 11 is 1.58. The molecule has 5 rings (SSSR count). The molecule has 1 aliphatic heterocycles. The second-order valence-corrected chi connectivity index (χ2v) is 17.9. The summed E-state index contributed by atoms with van der Waals surface area (Å²) < 4.78 is 13.3. The first-order valence-corrected chi connectivity index (χ1v) is 22.3. The lowest BCUT2D eigenvalue weighted by atomic mass is 9.85. The van der Waals surface area contributed by atoms with Gasteiger partial charge in [0.05, 0.1) is 33.6 Å². The van der Waals surface area contributed by atoms with Gasteiger partial charge in [-0.25, -0.2) is 9.37 Å². The number of nitrogens with two attached hydrogens (primary N) is 1. The fourth-order valence-corrected chi connectivity index (χ4v) is 8.23. The quantitative estimate of drug-likeness (QED) is 0.0383. The molecule has 7 N–H and O–H groups in total. The number of aromatic nitrogens is 1. The number of anilines is 3. The van der Waals surface area contributed by atoms with Gasteiger partial charge < -0.3 is 37.0 Å². The van der Waals surface area contributed by atoms with Gasteiger partial charge in [0, 0.05) is 43.6 Å². The molecule has 15 heteroatoms. The van der Waals surface area contributed by atoms with E-state index >= 15 is 0 Å². The van der Waals surface area contributed by atoms with Crippen molar-refractivity contribution in [2.75, 3.05) is 22.9 Å². The number of aliphatic hydroxyl groups excluding tert-OH is 1. The summed E-state index contributed by atoms with van der Waals surface area (Å²) in [7, 11) is 0. The molecular formula is C47H60FN7O6S. The maximum Gasteiger partial charge on any atom is 0.255 e. The summed E-state index contributed by atoms with van der Waals surface area (Å²) in [4.78, 5) is 72.3. The molecule has 13 nitrogen and oxygen atoms in total. The van der Waals surface area contributed by atoms with Crippen molar-refractivity contribution >= 4 is 57.9 Å². The Morgan fingerprint density at radius 1 is 0.871 bits per heavy atom. The number of hydrogen-bond acceptors (Lipinski definition) is 9. The standard InChI is InChI=1S/C47H60FN7O6S/c1-30-42(62-29-51-30)32-17-15-31(16-18-32)27-50-45(60)39-26-36(56)28-55(39)46(61)43(47(2,3)4)54-41(58)14-12-10-8-6-5-7-9-11-13-40(57)52-35-22-19-33(20-23-35)44(59)53-38-24-21-34(48)25-37(38)49/h15-25,29,36,39,43,56H,5-14,26-28,49H2,1-4H3,(H,50,60)(H,52,57)(H,53,59)(H,54,58)/t36-,39+,43+/m1/s1. The van der Waals surface area contributed by atoms with Crippen LogP contribution in [0.2, 0.25) is 0 Å². The SMILES string of the molecule is Cc1ncsc1-c1ccc(CNC(=O)[C@@H]2C[C@@H](O)CN2C(=O)[C@H](NC(=O)CCCCCCCCCCC(=O)Nc2ccc(C(=O)Nc3ccc(F)cc3N)cc2)C(C)(C)C)cc1. The Bertz CT molecular complexity index is 2150. The summed E-state index contributed by atoms with van der Waals surface area (Å²) in [6.45, 7) is 7.89. The Hall–Kier alpha value is -5.67. The Balaban J connectivity index is 0.944. The van der Waals surface area contributed by atoms with E-state index < -0.39 is 35.3 Å². The zero-order valence-corrected chi connectivity index (χ0v) is 36.9. The van der Waals surface area contributed by atoms with Crippen LogP contribution >= 0.6 is 11.3 Å². The van der Waals surface area contributed by atoms with E-state index in [-0.39, 0.29) is 55.2 Å². The molecule has 0 unspecified atom stereocenters. The van der Waals surface area contributed by atoms with E-state index in [9.17, 15) is 33.5 Å². The molecule has 0 aliphatic carbocycles. The molecule has 4 aromatic rings. The smallest absolute Gasteiger partial charge is 0.255 e. The number of thiazole rings is 1. The van der Waals surface area contributed by atoms with Gasteiger partial charge in [0.1, 0.15) is 17.9 Å². The van der Waals surface area contributed by atoms with Gasteiger partial charge in [0.15, 0.2) is 0 Å². The topological polar surface area (TPSA) is 196 Å². The number of nitrogens with one attached hydrogen (secondary N) is 4. The highest BCUT2D eigenvalue weighted by Gasteiger charge is 2.44. The molecular weight excluding hydrogens is 810 g/mol. The minimum absolute atomic E-state index is 0.0199. The predicted molar refractivity (Wildman–Crippen MR) is 242 cm³/mol. The Labute approximate surface area is 367 Å². The lowest BCUT2D eigenvalue weighted by Gasteiger charge is -2.35. The van der Waals surface area contributed by atoms with E-state index in [0.29, 0.717) is 29.8 Å². The first-order valence-electron chi connectivity index (χ1n) is 21.4. The number of amides is 5. The lowest BCUT2D eigenvalue weighted by Crippen LogP contribution is -2.57. The van der Waals surface area contributed by atoms with Crippen LogP contribution in [0.4, 0.5) is 21.5 Å². The number of likely N-dealkylation sites (tertiary alicyclic amines) is 1. The zero-order chi connectivity index (χ0) is 44.8. The number of β-amino-alcohol motifs (C(OH)–C–C–N with tert-alkyl or cyclic N) is 1. The van der Waals surface area contributed by atoms with Crippen molar-refractivity contribution in [2.45, 2.75) is 123 Å². The molecule has 62 heavy (non-hydrogen) atoms. The Kier molecular flexibility index (Phi) is 17.1. The average Bonchev–Trinajstić information content (AvgIpc) is 3.85. The molecule has 0 radical (unpaired) electrons. The van der Waals surface area contributed by atoms with Gasteiger partial charge in [0.2, 0.25) is 23.6 Å². The number of aliphatic hydroxyl groups is 1. The normalized spacial score (nSPS) is 15.5. The fourth-order valence-electron chi connectivity index (χ4n) is 7.42. The van der Waals surface area contributed by atoms with Crippen LogP contribution in [0.5, 0.6) is 0 Å². The summed E-state index contributed by atoms with van der Waals surface area (Å²) in [5.41, 5.74) is 11.3. The Morgan fingerprint density at radius 2 is 1.50 bits per heavy atom. The molecule has 0 bridgehead atoms. The number of nitrogen functional groups attached to an aromatic ring is 1. The average molecular weight is 870 g/mol. The number of nitrogens with zero attached hydrogens (tertiary/aromatic N) is 2. The number of halogens is 1. The highest BCUT2D eigenvalue weighted by Crippen LogP contribution is 2.29. The van der Waals surface area contributed by atoms with Gasteiger partial charge in [-0.2, -0.15) is 0 Å². The number of benzene rings is 3. The second kappa shape index (κ2) is 22.4. The van der Waals surface area contributed by atoms with Crippen molar-refractivity contribution in [3.05, 3.63) is 94.9 Å². The molecule has 3 aromatic carbocycles. The Morgan fingerprint density at radius 3 is 2.10 bits per heavy atom. The van der Waals surface area contributed by atoms with Crippen molar-refractivity contribution in [2.24, 2.45) is 5.41 Å². The summed E-state index contributed by atoms with van der Waals surface area (Å²) in [6, 6.07) is 16.4. The molecule has 1 fully saturated rings. The van der Waals surface area contributed by atoms with Crippen molar-refractivity contribution in [3.63, 3.8) is 0 Å². The maximum absolute atomic E-state index is 13.9. The first-order chi connectivity index (χ1) is 29.6. The molecule has 0 spiro atoms. The third kappa shape index (κ3) is 13.9. The molecule has 332 valence electrons. The molecule has 1 aliphatic rings. The summed E-state index contributed by atoms with van der Waals surface area (Å²) in [6.07, 6.45) is 7.19. The molecule has 3 atom stereocenters. The number of unbranched alkanes of at least 4 members (excludes halogenated alkanes) is 7. The predicted octanol–water partition coefficient (Wildman–Crippen LogP) is 7.74. The molecule has 1 saturated heterocycles. The van der Waals surface area contributed by atoms with E-state index in [1.165, 1.54) is 17.0 Å². The number of carbonyl (C=O) groups excluding carboxylic acids is 5. The summed E-state index contributed by atoms with van der Waals surface area (Å²) in [5, 5.41) is 21.9. The number of carbonyl (C=O) groups is 5. The lowest BCUT2D eigenvalue weighted by molar-refractivity contribution is -0.144. The van der Waals surface area contributed by atoms with Gasteiger partial charge in [-0.05, 0) is 78.8 Å². The van der Waals surface area contributed by atoms with E-state index in [4.69, 9.17) is 5.73 Å². The first kappa shape index (κ1) is 47.4. The van der Waals surface area contributed by atoms with E-state index in [2.05, 4.69) is 26.3 Å². The minimum atomic E-state index is -0.866. The van der Waals surface area contributed by atoms with Crippen molar-refractivity contribution in [1.29, 1.82) is 0 Å². The third-order valence-electron chi connectivity index (χ3n) is 11.0. The maximum atomic E-state index is 13.9. The van der Waals surface area contributed by atoms with E-state index in [1.54, 1.807) is 35.6 Å². The van der Waals surface area contributed by atoms with Crippen LogP contribution in [-0.4, -0.2) is 69.3 Å². The van der Waals surface area contributed by atoms with Gasteiger partial charge in [-0.15, -0.1) is 11.3 Å². The second-order valence-electron chi connectivity index (χ2n) is 17.1. The number of aryl methyl sites for hydroxylation is 1. The van der Waals surface area contributed by atoms with Gasteiger partial charge >= 0.3 is 0 Å². The minimum Gasteiger partial charge on any atom is -0.397 e. The molecule has 0 saturated carbocycles. The van der Waals surface area contributed by atoms with Crippen LogP contribution in [0.25, 0.3) is 10.4 Å². The highest BCUT2D eigenvalue weighted by molar-refractivity contribution is 7.13. The number of rotatable bonds is 20. The van der Waals surface area contributed by atoms with Crippen LogP contribution in [0.3, 0.4) is 0 Å². The van der Waals surface area contributed by atoms with E-state index in [0.717, 1.165) is 72.7 Å². The largest absolute Gasteiger partial charge is 0.397 e. The van der Waals surface area contributed by atoms with Crippen LogP contribution in [0.1, 0.15) is 113 Å². The van der Waals surface area contributed by atoms with Crippen LogP contribution in [0.15, 0.2) is 72.2 Å². The van der Waals surface area contributed by atoms with Crippen LogP contribution in [-0.2, 0) is 25.7 Å². The summed E-state index contributed by atoms with van der Waals surface area (Å²) in [5.74, 6) is -1.94. The van der Waals surface area contributed by atoms with Crippen LogP contribution < -0.4 is 27.0 Å². The van der Waals surface area contributed by atoms with Crippen molar-refractivity contribution in [1.82, 2.24) is 20.5 Å². The molecule has 5 amide bonds. The van der Waals surface area contributed by atoms with E-state index in [1.807, 2.05) is 57.5 Å². The third-order valence-corrected chi connectivity index (χ3v) is 11.9. The molecule has 2 heterocycles. The van der Waals surface area contributed by atoms with Crippen molar-refractivity contribution in [3.8, 4) is 10.4 Å². The highest BCUT2D eigenvalue weighted by atomic mass is 32.1. The monoisotopic (exact) mass is 869 g/mol. The fraction of sp³-hybridized carbons (Fsp3) is 0.447. The zero-order valence-electron chi connectivity index (χ0n) is 36.1. The van der Waals surface area contributed by atoms with Crippen LogP contribution in [0, 0.1) is 18.2 Å². The number of hydrogen-bond donors (Lipinski definition) is 6. The van der Waals surface area contributed by atoms with Gasteiger partial charge in [-0.3, -0.25) is 24.0 Å². The van der Waals surface area contributed by atoms with Gasteiger partial charge in [0.25, 0.3) is 5.91 Å².